The van der Waals surface area contributed by atoms with Gasteiger partial charge in [0.25, 0.3) is 0 Å². The third kappa shape index (κ3) is 5.18. The monoisotopic (exact) mass is 339 g/mol. The molecule has 2 rings (SSSR count). The first-order chi connectivity index (χ1) is 11.9. The van der Waals surface area contributed by atoms with E-state index in [-0.39, 0.29) is 24.2 Å². The van der Waals surface area contributed by atoms with Crippen molar-refractivity contribution in [2.75, 3.05) is 7.11 Å². The summed E-state index contributed by atoms with van der Waals surface area (Å²) in [5.41, 5.74) is 3.75. The van der Waals surface area contributed by atoms with Gasteiger partial charge in [-0.2, -0.15) is 0 Å². The van der Waals surface area contributed by atoms with Gasteiger partial charge in [-0.15, -0.1) is 0 Å². The highest BCUT2D eigenvalue weighted by Gasteiger charge is 2.14. The minimum absolute atomic E-state index is 0.0237. The number of nitrogens with one attached hydrogen (secondary N) is 1. The lowest BCUT2D eigenvalue weighted by atomic mass is 10.0. The summed E-state index contributed by atoms with van der Waals surface area (Å²) in [7, 11) is 1.56. The number of carbonyl (C=O) groups excluding carboxylic acids is 2. The number of hydrogen-bond acceptors (Lipinski definition) is 3. The molecule has 0 saturated carbocycles. The van der Waals surface area contributed by atoms with E-state index < -0.39 is 0 Å². The Labute approximate surface area is 149 Å². The smallest absolute Gasteiger partial charge is 0.224 e. The summed E-state index contributed by atoms with van der Waals surface area (Å²) >= 11 is 0. The van der Waals surface area contributed by atoms with Crippen molar-refractivity contribution in [3.05, 3.63) is 64.7 Å². The molecule has 0 heterocycles. The van der Waals surface area contributed by atoms with E-state index >= 15 is 0 Å². The van der Waals surface area contributed by atoms with E-state index in [1.165, 1.54) is 18.1 Å². The van der Waals surface area contributed by atoms with E-state index in [0.717, 1.165) is 12.0 Å². The third-order valence-corrected chi connectivity index (χ3v) is 4.23. The van der Waals surface area contributed by atoms with Crippen molar-refractivity contribution >= 4 is 11.7 Å². The molecular weight excluding hydrogens is 314 g/mol. The van der Waals surface area contributed by atoms with Crippen molar-refractivity contribution in [2.45, 2.75) is 39.7 Å². The molecule has 0 bridgehead atoms. The van der Waals surface area contributed by atoms with Gasteiger partial charge in [0.05, 0.1) is 13.5 Å². The number of ketones is 1. The van der Waals surface area contributed by atoms with Gasteiger partial charge in [-0.05, 0) is 56.5 Å². The van der Waals surface area contributed by atoms with E-state index in [9.17, 15) is 9.59 Å². The number of rotatable bonds is 7. The molecule has 2 aromatic carbocycles. The van der Waals surface area contributed by atoms with Gasteiger partial charge in [-0.1, -0.05) is 24.3 Å². The summed E-state index contributed by atoms with van der Waals surface area (Å²) in [6.07, 6.45) is 0.964. The third-order valence-electron chi connectivity index (χ3n) is 4.23. The number of benzene rings is 2. The van der Waals surface area contributed by atoms with E-state index in [1.54, 1.807) is 25.3 Å². The van der Waals surface area contributed by atoms with E-state index in [4.69, 9.17) is 4.74 Å². The molecule has 0 saturated heterocycles. The number of amides is 1. The molecule has 25 heavy (non-hydrogen) atoms. The maximum absolute atomic E-state index is 12.4. The molecule has 1 atom stereocenters. The quantitative estimate of drug-likeness (QED) is 0.786. The Morgan fingerprint density at radius 2 is 1.84 bits per heavy atom. The van der Waals surface area contributed by atoms with Crippen LogP contribution in [0.5, 0.6) is 5.75 Å². The molecule has 1 N–H and O–H groups in total. The Morgan fingerprint density at radius 1 is 1.12 bits per heavy atom. The largest absolute Gasteiger partial charge is 0.496 e. The second kappa shape index (κ2) is 8.47. The van der Waals surface area contributed by atoms with Crippen LogP contribution >= 0.6 is 0 Å². The highest BCUT2D eigenvalue weighted by atomic mass is 16.5. The van der Waals surface area contributed by atoms with Crippen LogP contribution in [0, 0.1) is 6.92 Å². The summed E-state index contributed by atoms with van der Waals surface area (Å²) in [6.45, 7) is 5.57. The predicted molar refractivity (Wildman–Crippen MR) is 99.2 cm³/mol. The van der Waals surface area contributed by atoms with Crippen LogP contribution in [0.4, 0.5) is 0 Å². The van der Waals surface area contributed by atoms with Crippen LogP contribution in [0.2, 0.25) is 0 Å². The fourth-order valence-electron chi connectivity index (χ4n) is 2.85. The van der Waals surface area contributed by atoms with Crippen molar-refractivity contribution in [1.82, 2.24) is 5.32 Å². The van der Waals surface area contributed by atoms with Crippen LogP contribution in [0.25, 0.3) is 0 Å². The highest BCUT2D eigenvalue weighted by Crippen LogP contribution is 2.21. The van der Waals surface area contributed by atoms with Gasteiger partial charge in [0.15, 0.2) is 5.78 Å². The molecule has 0 aliphatic rings. The number of hydrogen-bond donors (Lipinski definition) is 1. The Balaban J connectivity index is 2.03. The molecule has 4 heteroatoms. The lowest BCUT2D eigenvalue weighted by molar-refractivity contribution is -0.121. The summed E-state index contributed by atoms with van der Waals surface area (Å²) < 4.78 is 5.31. The molecule has 0 spiro atoms. The van der Waals surface area contributed by atoms with Gasteiger partial charge < -0.3 is 10.1 Å². The summed E-state index contributed by atoms with van der Waals surface area (Å²) in [5.74, 6) is 0.504. The van der Waals surface area contributed by atoms with E-state index in [2.05, 4.69) is 24.4 Å². The maximum atomic E-state index is 12.4. The van der Waals surface area contributed by atoms with Crippen LogP contribution in [0.3, 0.4) is 0 Å². The molecule has 132 valence electrons. The van der Waals surface area contributed by atoms with Crippen LogP contribution in [-0.2, 0) is 17.6 Å². The van der Waals surface area contributed by atoms with E-state index in [1.807, 2.05) is 19.1 Å². The fourth-order valence-corrected chi connectivity index (χ4v) is 2.85. The lowest BCUT2D eigenvalue weighted by Gasteiger charge is -2.16. The zero-order valence-corrected chi connectivity index (χ0v) is 15.3. The topological polar surface area (TPSA) is 55.4 Å². The van der Waals surface area contributed by atoms with Crippen LogP contribution < -0.4 is 10.1 Å². The van der Waals surface area contributed by atoms with Gasteiger partial charge in [0.1, 0.15) is 5.75 Å². The normalized spacial score (nSPS) is 11.7. The molecule has 0 radical (unpaired) electrons. The molecule has 0 aromatic heterocycles. The van der Waals surface area contributed by atoms with Crippen molar-refractivity contribution < 1.29 is 14.3 Å². The lowest BCUT2D eigenvalue weighted by Crippen LogP contribution is -2.35. The zero-order valence-electron chi connectivity index (χ0n) is 15.3. The van der Waals surface area contributed by atoms with Gasteiger partial charge in [-0.25, -0.2) is 0 Å². The number of ether oxygens (including phenoxy) is 1. The first kappa shape index (κ1) is 18.7. The molecule has 2 aromatic rings. The van der Waals surface area contributed by atoms with Crippen LogP contribution in [0.1, 0.15) is 40.9 Å². The molecule has 0 aliphatic heterocycles. The molecule has 0 fully saturated rings. The van der Waals surface area contributed by atoms with Crippen molar-refractivity contribution in [3.63, 3.8) is 0 Å². The van der Waals surface area contributed by atoms with Gasteiger partial charge in [0, 0.05) is 17.2 Å². The standard InChI is InChI=1S/C21H25NO3/c1-14-7-5-6-8-17(14)11-15(2)22-21(24)13-19-12-18(16(3)23)9-10-20(19)25-4/h5-10,12,15H,11,13H2,1-4H3,(H,22,24)/t15-/m1/s1. The Bertz CT molecular complexity index is 767. The number of Topliss-reactive ketones (excluding diaryl/α,β-unsaturated/α-hetero) is 1. The van der Waals surface area contributed by atoms with Crippen molar-refractivity contribution in [2.24, 2.45) is 0 Å². The van der Waals surface area contributed by atoms with Crippen LogP contribution in [-0.4, -0.2) is 24.8 Å². The molecular formula is C21H25NO3. The average Bonchev–Trinajstić information content (AvgIpc) is 2.56. The average molecular weight is 339 g/mol. The minimum Gasteiger partial charge on any atom is -0.496 e. The Morgan fingerprint density at radius 3 is 2.48 bits per heavy atom. The Hall–Kier alpha value is -2.62. The second-order valence-corrected chi connectivity index (χ2v) is 6.36. The number of carbonyl (C=O) groups is 2. The number of aryl methyl sites for hydroxylation is 1. The Kier molecular flexibility index (Phi) is 6.34. The SMILES string of the molecule is COc1ccc(C(C)=O)cc1CC(=O)N[C@H](C)Cc1ccccc1C. The first-order valence-corrected chi connectivity index (χ1v) is 8.42. The zero-order chi connectivity index (χ0) is 18.4. The van der Waals surface area contributed by atoms with Gasteiger partial charge in [-0.3, -0.25) is 9.59 Å². The molecule has 0 unspecified atom stereocenters. The van der Waals surface area contributed by atoms with E-state index in [0.29, 0.717) is 11.3 Å². The van der Waals surface area contributed by atoms with Crippen molar-refractivity contribution in [3.8, 4) is 5.75 Å². The van der Waals surface area contributed by atoms with Crippen LogP contribution in [0.15, 0.2) is 42.5 Å². The summed E-state index contributed by atoms with van der Waals surface area (Å²) in [5, 5.41) is 3.02. The highest BCUT2D eigenvalue weighted by molar-refractivity contribution is 5.94. The van der Waals surface area contributed by atoms with Crippen molar-refractivity contribution in [1.29, 1.82) is 0 Å². The summed E-state index contributed by atoms with van der Waals surface area (Å²) in [4.78, 5) is 24.0. The molecule has 1 amide bonds. The predicted octanol–water partition coefficient (Wildman–Crippen LogP) is 3.50. The summed E-state index contributed by atoms with van der Waals surface area (Å²) in [6, 6.07) is 13.4. The second-order valence-electron chi connectivity index (χ2n) is 6.36. The number of methoxy groups -OCH3 is 1. The van der Waals surface area contributed by atoms with Gasteiger partial charge >= 0.3 is 0 Å². The fraction of sp³-hybridized carbons (Fsp3) is 0.333. The maximum Gasteiger partial charge on any atom is 0.224 e. The first-order valence-electron chi connectivity index (χ1n) is 8.42. The molecule has 4 nitrogen and oxygen atoms in total. The molecule has 0 aliphatic carbocycles. The van der Waals surface area contributed by atoms with Gasteiger partial charge in [0.2, 0.25) is 5.91 Å². The minimum atomic E-state index is -0.0833.